The molecular formula is C7H17N4O2P. The van der Waals surface area contributed by atoms with Gasteiger partial charge < -0.3 is 14.8 Å². The lowest BCUT2D eigenvalue weighted by molar-refractivity contribution is 0.290. The first-order valence-corrected chi connectivity index (χ1v) is 5.10. The highest BCUT2D eigenvalue weighted by Crippen LogP contribution is 2.25. The molecule has 0 aromatic rings. The van der Waals surface area contributed by atoms with E-state index in [1.165, 1.54) is 7.11 Å². The number of rotatable bonds is 4. The van der Waals surface area contributed by atoms with Crippen molar-refractivity contribution < 1.29 is 9.05 Å². The molecule has 0 saturated heterocycles. The fourth-order valence-electron chi connectivity index (χ4n) is 0.234. The number of hydrogen-bond donors (Lipinski definition) is 2. The summed E-state index contributed by atoms with van der Waals surface area (Å²) in [5.41, 5.74) is 10.3. The van der Waals surface area contributed by atoms with E-state index in [1.807, 2.05) is 6.07 Å². The zero-order valence-corrected chi connectivity index (χ0v) is 9.62. The molecule has 0 aliphatic heterocycles. The molecule has 0 fully saturated rings. The number of aliphatic imine (C=N–C) groups is 1. The first-order chi connectivity index (χ1) is 6.58. The highest BCUT2D eigenvalue weighted by molar-refractivity contribution is 7.44. The van der Waals surface area contributed by atoms with Gasteiger partial charge in [-0.25, -0.2) is 0 Å². The zero-order valence-electron chi connectivity index (χ0n) is 8.73. The summed E-state index contributed by atoms with van der Waals surface area (Å²) < 4.78 is 9.44. The third-order valence-corrected chi connectivity index (χ3v) is 1.76. The quantitative estimate of drug-likeness (QED) is 0.314. The third kappa shape index (κ3) is 17.4. The maximum Gasteiger partial charge on any atom is 0.252 e. The van der Waals surface area contributed by atoms with Crippen molar-refractivity contribution >= 4 is 14.4 Å². The zero-order chi connectivity index (χ0) is 11.4. The average Bonchev–Trinajstić information content (AvgIpc) is 2.19. The van der Waals surface area contributed by atoms with Crippen molar-refractivity contribution in [3.8, 4) is 6.07 Å². The minimum atomic E-state index is -1.24. The maximum absolute atomic E-state index is 8.05. The molecule has 1 atom stereocenters. The summed E-state index contributed by atoms with van der Waals surface area (Å²) in [6, 6.07) is 1.92. The smallest absolute Gasteiger partial charge is 0.252 e. The summed E-state index contributed by atoms with van der Waals surface area (Å²) in [4.78, 5) is 3.58. The van der Waals surface area contributed by atoms with Crippen LogP contribution in [0.2, 0.25) is 0 Å². The van der Waals surface area contributed by atoms with Gasteiger partial charge in [0.25, 0.3) is 8.53 Å². The van der Waals surface area contributed by atoms with Crippen molar-refractivity contribution in [1.82, 2.24) is 0 Å². The summed E-state index contributed by atoms with van der Waals surface area (Å²) >= 11 is 0. The molecule has 0 amide bonds. The lowest BCUT2D eigenvalue weighted by atomic mass is 10.5. The Bertz CT molecular complexity index is 189. The Morgan fingerprint density at radius 3 is 2.43 bits per heavy atom. The van der Waals surface area contributed by atoms with Crippen LogP contribution in [-0.4, -0.2) is 26.6 Å². The molecule has 82 valence electrons. The van der Waals surface area contributed by atoms with Gasteiger partial charge in [0, 0.05) is 14.2 Å². The van der Waals surface area contributed by atoms with Crippen LogP contribution < -0.4 is 11.2 Å². The average molecular weight is 220 g/mol. The van der Waals surface area contributed by atoms with Gasteiger partial charge in [0.15, 0.2) is 0 Å². The van der Waals surface area contributed by atoms with E-state index in [1.54, 1.807) is 14.0 Å². The summed E-state index contributed by atoms with van der Waals surface area (Å²) in [6.07, 6.45) is 0.361. The van der Waals surface area contributed by atoms with E-state index in [4.69, 9.17) is 21.0 Å². The molecule has 0 spiro atoms. The summed E-state index contributed by atoms with van der Waals surface area (Å²) in [7, 11) is 1.89. The predicted molar refractivity (Wildman–Crippen MR) is 57.5 cm³/mol. The fourth-order valence-corrected chi connectivity index (χ4v) is 0.611. The second-order valence-corrected chi connectivity index (χ2v) is 3.27. The monoisotopic (exact) mass is 220 g/mol. The standard InChI is InChI=1S/C4H9N2O2P.C3H8N2/c1-7-9(6)8-4-2-3-5;1-3(4)5-2/h2,4,6H2,1H3;1-2H3,(H2,4,5). The van der Waals surface area contributed by atoms with Crippen molar-refractivity contribution in [2.45, 2.75) is 13.3 Å². The van der Waals surface area contributed by atoms with Crippen molar-refractivity contribution in [1.29, 1.82) is 5.26 Å². The summed E-state index contributed by atoms with van der Waals surface area (Å²) in [6.45, 7) is 2.10. The molecule has 14 heavy (non-hydrogen) atoms. The number of hydrogen-bond acceptors (Lipinski definition) is 5. The highest BCUT2D eigenvalue weighted by atomic mass is 31.2. The Kier molecular flexibility index (Phi) is 13.8. The van der Waals surface area contributed by atoms with Crippen molar-refractivity contribution in [3.05, 3.63) is 0 Å². The van der Waals surface area contributed by atoms with Gasteiger partial charge in [0.1, 0.15) is 0 Å². The van der Waals surface area contributed by atoms with Crippen LogP contribution in [0.4, 0.5) is 0 Å². The summed E-state index contributed by atoms with van der Waals surface area (Å²) in [5.74, 6) is 0.630. The number of nitrogens with zero attached hydrogens (tertiary/aromatic N) is 2. The molecule has 4 N–H and O–H groups in total. The van der Waals surface area contributed by atoms with E-state index in [-0.39, 0.29) is 0 Å². The van der Waals surface area contributed by atoms with Crippen LogP contribution >= 0.6 is 8.53 Å². The van der Waals surface area contributed by atoms with E-state index in [9.17, 15) is 0 Å². The van der Waals surface area contributed by atoms with Crippen LogP contribution in [-0.2, 0) is 9.05 Å². The fraction of sp³-hybridized carbons (Fsp3) is 0.714. The van der Waals surface area contributed by atoms with Crippen LogP contribution in [0.1, 0.15) is 13.3 Å². The molecule has 0 saturated carbocycles. The first kappa shape index (κ1) is 15.7. The molecule has 1 unspecified atom stereocenters. The molecule has 0 aliphatic carbocycles. The molecule has 0 heterocycles. The Morgan fingerprint density at radius 2 is 2.14 bits per heavy atom. The van der Waals surface area contributed by atoms with Crippen molar-refractivity contribution in [2.75, 3.05) is 20.8 Å². The molecular weight excluding hydrogens is 203 g/mol. The van der Waals surface area contributed by atoms with Gasteiger partial charge in [-0.3, -0.25) is 10.5 Å². The normalized spacial score (nSPS) is 12.4. The largest absolute Gasteiger partial charge is 0.388 e. The van der Waals surface area contributed by atoms with E-state index in [2.05, 4.69) is 9.52 Å². The van der Waals surface area contributed by atoms with Crippen LogP contribution in [0, 0.1) is 11.3 Å². The Balaban J connectivity index is 0. The third-order valence-electron chi connectivity index (χ3n) is 0.965. The van der Waals surface area contributed by atoms with Crippen LogP contribution in [0.25, 0.3) is 0 Å². The van der Waals surface area contributed by atoms with Gasteiger partial charge in [0.05, 0.1) is 24.9 Å². The number of nitrogens with two attached hydrogens (primary N) is 2. The van der Waals surface area contributed by atoms with Crippen LogP contribution in [0.3, 0.4) is 0 Å². The maximum atomic E-state index is 8.05. The van der Waals surface area contributed by atoms with Gasteiger partial charge in [-0.15, -0.1) is 0 Å². The number of nitriles is 1. The van der Waals surface area contributed by atoms with Crippen LogP contribution in [0.15, 0.2) is 4.99 Å². The Morgan fingerprint density at radius 1 is 1.64 bits per heavy atom. The Hall–Kier alpha value is -0.730. The Labute approximate surface area is 85.9 Å². The topological polar surface area (TPSA) is 107 Å². The minimum Gasteiger partial charge on any atom is -0.388 e. The van der Waals surface area contributed by atoms with E-state index in [0.717, 1.165) is 0 Å². The van der Waals surface area contributed by atoms with E-state index < -0.39 is 8.53 Å². The molecule has 0 bridgehead atoms. The van der Waals surface area contributed by atoms with Crippen molar-refractivity contribution in [2.24, 2.45) is 16.2 Å². The van der Waals surface area contributed by atoms with Gasteiger partial charge >= 0.3 is 0 Å². The summed E-state index contributed by atoms with van der Waals surface area (Å²) in [5, 5.41) is 8.05. The minimum absolute atomic E-state index is 0.354. The molecule has 6 nitrogen and oxygen atoms in total. The molecule has 0 radical (unpaired) electrons. The van der Waals surface area contributed by atoms with Crippen molar-refractivity contribution in [3.63, 3.8) is 0 Å². The predicted octanol–water partition coefficient (Wildman–Crippen LogP) is 0.742. The lowest BCUT2D eigenvalue weighted by Crippen LogP contribution is -2.03. The molecule has 7 heteroatoms. The van der Waals surface area contributed by atoms with E-state index >= 15 is 0 Å². The molecule has 0 aliphatic rings. The lowest BCUT2D eigenvalue weighted by Gasteiger charge is -2.05. The van der Waals surface area contributed by atoms with E-state index in [0.29, 0.717) is 18.9 Å². The van der Waals surface area contributed by atoms with Gasteiger partial charge in [-0.05, 0) is 6.92 Å². The second-order valence-electron chi connectivity index (χ2n) is 2.07. The number of amidine groups is 1. The first-order valence-electron chi connectivity index (χ1n) is 3.86. The van der Waals surface area contributed by atoms with Crippen LogP contribution in [0.5, 0.6) is 0 Å². The molecule has 0 aromatic heterocycles. The SMILES string of the molecule is CN=C(C)N.COP(N)OCCC#N. The molecule has 0 rings (SSSR count). The van der Waals surface area contributed by atoms with Gasteiger partial charge in [-0.1, -0.05) is 0 Å². The second kappa shape index (κ2) is 12.3. The van der Waals surface area contributed by atoms with Gasteiger partial charge in [-0.2, -0.15) is 5.26 Å². The van der Waals surface area contributed by atoms with Gasteiger partial charge in [0.2, 0.25) is 0 Å². The highest BCUT2D eigenvalue weighted by Gasteiger charge is 1.97. The molecule has 0 aromatic carbocycles.